The van der Waals surface area contributed by atoms with Crippen LogP contribution < -0.4 is 9.64 Å². The summed E-state index contributed by atoms with van der Waals surface area (Å²) in [6.07, 6.45) is 6.39. The molecule has 3 aromatic rings. The van der Waals surface area contributed by atoms with Crippen molar-refractivity contribution in [2.24, 2.45) is 0 Å². The van der Waals surface area contributed by atoms with Gasteiger partial charge in [0.2, 0.25) is 5.88 Å². The minimum Gasteiger partial charge on any atom is -0.481 e. The highest BCUT2D eigenvalue weighted by Crippen LogP contribution is 2.36. The number of aromatic nitrogens is 3. The van der Waals surface area contributed by atoms with Gasteiger partial charge >= 0.3 is 6.09 Å². The van der Waals surface area contributed by atoms with Crippen molar-refractivity contribution in [2.45, 2.75) is 51.3 Å². The van der Waals surface area contributed by atoms with E-state index in [-0.39, 0.29) is 18.2 Å². The van der Waals surface area contributed by atoms with Gasteiger partial charge in [0.15, 0.2) is 0 Å². The minimum atomic E-state index is -0.516. The second kappa shape index (κ2) is 7.90. The zero-order valence-corrected chi connectivity index (χ0v) is 19.3. The van der Waals surface area contributed by atoms with E-state index in [1.807, 2.05) is 44.0 Å². The molecule has 0 aliphatic carbocycles. The van der Waals surface area contributed by atoms with Crippen molar-refractivity contribution < 1.29 is 18.7 Å². The molecule has 0 saturated carbocycles. The van der Waals surface area contributed by atoms with Crippen molar-refractivity contribution in [1.29, 1.82) is 0 Å². The summed E-state index contributed by atoms with van der Waals surface area (Å²) < 4.78 is 27.1. The predicted octanol–water partition coefficient (Wildman–Crippen LogP) is 4.13. The Morgan fingerprint density at radius 3 is 2.58 bits per heavy atom. The van der Waals surface area contributed by atoms with Crippen LogP contribution in [0.1, 0.15) is 33.6 Å². The number of hydrogen-bond acceptors (Lipinski definition) is 6. The number of carbonyl (C=O) groups is 1. The first-order valence-corrected chi connectivity index (χ1v) is 11.2. The Hall–Kier alpha value is -3.36. The van der Waals surface area contributed by atoms with Gasteiger partial charge in [0.25, 0.3) is 0 Å². The lowest BCUT2D eigenvalue weighted by molar-refractivity contribution is 0.0123. The second-order valence-corrected chi connectivity index (χ2v) is 9.66. The molecule has 5 rings (SSSR count). The van der Waals surface area contributed by atoms with Crippen LogP contribution in [0.5, 0.6) is 5.88 Å². The normalized spacial score (nSPS) is 20.4. The van der Waals surface area contributed by atoms with E-state index in [0.717, 1.165) is 24.0 Å². The van der Waals surface area contributed by atoms with Gasteiger partial charge < -0.3 is 14.4 Å². The molecular formula is C24H28FN5O3. The average molecular weight is 454 g/mol. The third kappa shape index (κ3) is 3.96. The number of anilines is 1. The summed E-state index contributed by atoms with van der Waals surface area (Å²) in [4.78, 5) is 20.9. The first-order valence-electron chi connectivity index (χ1n) is 11.2. The molecule has 0 aromatic carbocycles. The molecule has 2 atom stereocenters. The molecule has 1 amide bonds. The molecule has 2 saturated heterocycles. The Bertz CT molecular complexity index is 1190. The van der Waals surface area contributed by atoms with E-state index in [9.17, 15) is 9.18 Å². The van der Waals surface area contributed by atoms with Gasteiger partial charge in [0.05, 0.1) is 36.6 Å². The molecule has 8 nitrogen and oxygen atoms in total. The standard InChI is InChI=1S/C24H28FN5O3/c1-24(2,3)33-23(31)30-16-5-6-17(30)14-28(13-16)20-7-8-27-29-12-15(9-21(20)29)18-10-22(32-4)26-11-19(18)25/h7-12,16-17H,5-6,13-14H2,1-4H3. The summed E-state index contributed by atoms with van der Waals surface area (Å²) in [5.41, 5.74) is 2.49. The highest BCUT2D eigenvalue weighted by atomic mass is 19.1. The summed E-state index contributed by atoms with van der Waals surface area (Å²) in [5, 5.41) is 4.43. The van der Waals surface area contributed by atoms with Crippen LogP contribution in [0.3, 0.4) is 0 Å². The van der Waals surface area contributed by atoms with Crippen LogP contribution in [0.15, 0.2) is 36.8 Å². The van der Waals surface area contributed by atoms with Crippen LogP contribution in [0, 0.1) is 5.82 Å². The molecule has 174 valence electrons. The SMILES string of the molecule is COc1cc(-c2cc3c(N4CC5CCC(C4)N5C(=O)OC(C)(C)C)ccnn3c2)c(F)cn1. The fourth-order valence-corrected chi connectivity index (χ4v) is 4.88. The van der Waals surface area contributed by atoms with Crippen molar-refractivity contribution in [1.82, 2.24) is 19.5 Å². The molecule has 2 aliphatic rings. The number of amides is 1. The monoisotopic (exact) mass is 453 g/mol. The van der Waals surface area contributed by atoms with Gasteiger partial charge in [0.1, 0.15) is 11.4 Å². The number of halogens is 1. The number of fused-ring (bicyclic) bond motifs is 3. The number of pyridine rings is 1. The van der Waals surface area contributed by atoms with Crippen LogP contribution in [0.25, 0.3) is 16.6 Å². The van der Waals surface area contributed by atoms with Crippen molar-refractivity contribution >= 4 is 17.3 Å². The van der Waals surface area contributed by atoms with Crippen LogP contribution in [-0.4, -0.2) is 63.5 Å². The molecule has 0 radical (unpaired) electrons. The van der Waals surface area contributed by atoms with Crippen molar-refractivity contribution in [3.63, 3.8) is 0 Å². The summed E-state index contributed by atoms with van der Waals surface area (Å²) in [6, 6.07) is 5.70. The number of rotatable bonds is 3. The lowest BCUT2D eigenvalue weighted by atomic mass is 10.1. The molecule has 2 bridgehead atoms. The molecule has 0 spiro atoms. The Labute approximate surface area is 191 Å². The van der Waals surface area contributed by atoms with Gasteiger partial charge in [-0.1, -0.05) is 0 Å². The number of carbonyl (C=O) groups excluding carboxylic acids is 1. The van der Waals surface area contributed by atoms with Gasteiger partial charge in [-0.15, -0.1) is 0 Å². The van der Waals surface area contributed by atoms with Crippen molar-refractivity contribution in [3.8, 4) is 17.0 Å². The number of hydrogen-bond donors (Lipinski definition) is 0. The molecular weight excluding hydrogens is 425 g/mol. The number of methoxy groups -OCH3 is 1. The lowest BCUT2D eigenvalue weighted by Gasteiger charge is -2.42. The topological polar surface area (TPSA) is 72.2 Å². The average Bonchev–Trinajstić information content (AvgIpc) is 3.31. The van der Waals surface area contributed by atoms with E-state index < -0.39 is 11.4 Å². The fourth-order valence-electron chi connectivity index (χ4n) is 4.88. The van der Waals surface area contributed by atoms with Crippen LogP contribution in [0.2, 0.25) is 0 Å². The van der Waals surface area contributed by atoms with Gasteiger partial charge in [-0.25, -0.2) is 18.7 Å². The Morgan fingerprint density at radius 1 is 1.18 bits per heavy atom. The van der Waals surface area contributed by atoms with Crippen molar-refractivity contribution in [3.05, 3.63) is 42.6 Å². The summed E-state index contributed by atoms with van der Waals surface area (Å²) in [5.74, 6) is -0.0676. The first kappa shape index (κ1) is 21.5. The first-order chi connectivity index (χ1) is 15.7. The summed E-state index contributed by atoms with van der Waals surface area (Å²) in [7, 11) is 1.51. The van der Waals surface area contributed by atoms with E-state index in [2.05, 4.69) is 15.0 Å². The molecule has 0 N–H and O–H groups in total. The number of ether oxygens (including phenoxy) is 2. The predicted molar refractivity (Wildman–Crippen MR) is 122 cm³/mol. The van der Waals surface area contributed by atoms with Gasteiger partial charge in [-0.05, 0) is 45.7 Å². The van der Waals surface area contributed by atoms with Crippen LogP contribution >= 0.6 is 0 Å². The smallest absolute Gasteiger partial charge is 0.410 e. The van der Waals surface area contributed by atoms with Crippen molar-refractivity contribution in [2.75, 3.05) is 25.1 Å². The summed E-state index contributed by atoms with van der Waals surface area (Å²) >= 11 is 0. The number of piperazine rings is 1. The Balaban J connectivity index is 1.44. The molecule has 2 unspecified atom stereocenters. The quantitative estimate of drug-likeness (QED) is 0.594. The zero-order chi connectivity index (χ0) is 23.3. The molecule has 9 heteroatoms. The van der Waals surface area contributed by atoms with E-state index in [4.69, 9.17) is 9.47 Å². The molecule has 3 aromatic heterocycles. The van der Waals surface area contributed by atoms with Gasteiger partial charge in [-0.2, -0.15) is 5.10 Å². The Morgan fingerprint density at radius 2 is 1.91 bits per heavy atom. The van der Waals surface area contributed by atoms with Crippen LogP contribution in [-0.2, 0) is 4.74 Å². The van der Waals surface area contributed by atoms with Gasteiger partial charge in [-0.3, -0.25) is 4.90 Å². The largest absolute Gasteiger partial charge is 0.481 e. The van der Waals surface area contributed by atoms with E-state index in [1.54, 1.807) is 16.8 Å². The van der Waals surface area contributed by atoms with Crippen LogP contribution in [0.4, 0.5) is 14.9 Å². The minimum absolute atomic E-state index is 0.100. The van der Waals surface area contributed by atoms with E-state index in [1.165, 1.54) is 13.3 Å². The highest BCUT2D eigenvalue weighted by Gasteiger charge is 2.44. The maximum Gasteiger partial charge on any atom is 0.410 e. The van der Waals surface area contributed by atoms with E-state index in [0.29, 0.717) is 30.1 Å². The lowest BCUT2D eigenvalue weighted by Crippen LogP contribution is -2.56. The molecule has 2 fully saturated rings. The molecule has 33 heavy (non-hydrogen) atoms. The highest BCUT2D eigenvalue weighted by molar-refractivity contribution is 5.80. The molecule has 5 heterocycles. The maximum absolute atomic E-state index is 14.5. The van der Waals surface area contributed by atoms with E-state index >= 15 is 0 Å². The second-order valence-electron chi connectivity index (χ2n) is 9.66. The maximum atomic E-state index is 14.5. The third-order valence-corrected chi connectivity index (χ3v) is 6.26. The fraction of sp³-hybridized carbons (Fsp3) is 0.458. The zero-order valence-electron chi connectivity index (χ0n) is 19.3. The Kier molecular flexibility index (Phi) is 5.14. The van der Waals surface area contributed by atoms with Gasteiger partial charge in [0, 0.05) is 42.7 Å². The third-order valence-electron chi connectivity index (χ3n) is 6.26. The summed E-state index contributed by atoms with van der Waals surface area (Å²) in [6.45, 7) is 7.10. The number of nitrogens with zero attached hydrogens (tertiary/aromatic N) is 5. The molecule has 2 aliphatic heterocycles.